The van der Waals surface area contributed by atoms with Crippen molar-refractivity contribution >= 4 is 11.8 Å². The molecule has 0 radical (unpaired) electrons. The molecule has 0 bridgehead atoms. The number of benzene rings is 1. The third-order valence-electron chi connectivity index (χ3n) is 2.29. The summed E-state index contributed by atoms with van der Waals surface area (Å²) in [5.74, 6) is 1.39. The van der Waals surface area contributed by atoms with Gasteiger partial charge in [0.15, 0.2) is 11.5 Å². The van der Waals surface area contributed by atoms with Crippen LogP contribution in [0.4, 0.5) is 4.79 Å². The molecule has 1 aliphatic heterocycles. The monoisotopic (exact) mass is 236 g/mol. The van der Waals surface area contributed by atoms with Crippen LogP contribution >= 0.6 is 0 Å². The van der Waals surface area contributed by atoms with Crippen LogP contribution in [0.25, 0.3) is 0 Å². The quantitative estimate of drug-likeness (QED) is 0.624. The first-order valence-corrected chi connectivity index (χ1v) is 4.99. The predicted molar refractivity (Wildman–Crippen MR) is 60.3 cm³/mol. The van der Waals surface area contributed by atoms with Gasteiger partial charge >= 0.3 is 6.09 Å². The molecular formula is C11H12N2O4. The fourth-order valence-electron chi connectivity index (χ4n) is 1.36. The topological polar surface area (TPSA) is 69.2 Å². The van der Waals surface area contributed by atoms with Gasteiger partial charge in [-0.2, -0.15) is 5.10 Å². The SMILES string of the molecule is COC(=O)N/N=C(\C)c1ccc2c(c1)OCO2. The van der Waals surface area contributed by atoms with Gasteiger partial charge in [0.05, 0.1) is 12.8 Å². The highest BCUT2D eigenvalue weighted by molar-refractivity contribution is 5.99. The first-order chi connectivity index (χ1) is 8.20. The van der Waals surface area contributed by atoms with Gasteiger partial charge in [-0.25, -0.2) is 10.2 Å². The van der Waals surface area contributed by atoms with Gasteiger partial charge in [-0.3, -0.25) is 0 Å². The highest BCUT2D eigenvalue weighted by atomic mass is 16.7. The second-order valence-corrected chi connectivity index (χ2v) is 3.37. The molecule has 0 saturated carbocycles. The fourth-order valence-corrected chi connectivity index (χ4v) is 1.36. The van der Waals surface area contributed by atoms with Crippen LogP contribution in [0.2, 0.25) is 0 Å². The number of amides is 1. The van der Waals surface area contributed by atoms with E-state index in [0.717, 1.165) is 5.56 Å². The Labute approximate surface area is 98.2 Å². The zero-order valence-electron chi connectivity index (χ0n) is 9.52. The number of hydrazone groups is 1. The first kappa shape index (κ1) is 11.3. The van der Waals surface area contributed by atoms with E-state index in [1.807, 2.05) is 6.07 Å². The molecule has 1 aliphatic rings. The van der Waals surface area contributed by atoms with Gasteiger partial charge in [0.1, 0.15) is 0 Å². The third-order valence-corrected chi connectivity index (χ3v) is 2.29. The van der Waals surface area contributed by atoms with E-state index < -0.39 is 6.09 Å². The van der Waals surface area contributed by atoms with Gasteiger partial charge in [0.25, 0.3) is 0 Å². The predicted octanol–water partition coefficient (Wildman–Crippen LogP) is 1.50. The number of hydrogen-bond donors (Lipinski definition) is 1. The van der Waals surface area contributed by atoms with Crippen molar-refractivity contribution in [1.82, 2.24) is 5.43 Å². The van der Waals surface area contributed by atoms with E-state index in [-0.39, 0.29) is 6.79 Å². The minimum Gasteiger partial charge on any atom is -0.454 e. The summed E-state index contributed by atoms with van der Waals surface area (Å²) in [7, 11) is 1.28. The highest BCUT2D eigenvalue weighted by Crippen LogP contribution is 2.32. The second-order valence-electron chi connectivity index (χ2n) is 3.37. The van der Waals surface area contributed by atoms with E-state index in [1.54, 1.807) is 19.1 Å². The lowest BCUT2D eigenvalue weighted by atomic mass is 10.1. The molecule has 2 rings (SSSR count). The van der Waals surface area contributed by atoms with Crippen molar-refractivity contribution in [2.45, 2.75) is 6.92 Å². The Bertz CT molecular complexity index is 471. The number of nitrogens with one attached hydrogen (secondary N) is 1. The lowest BCUT2D eigenvalue weighted by Gasteiger charge is -2.03. The molecule has 0 atom stereocenters. The number of nitrogens with zero attached hydrogens (tertiary/aromatic N) is 1. The summed E-state index contributed by atoms with van der Waals surface area (Å²) in [5.41, 5.74) is 3.74. The van der Waals surface area contributed by atoms with E-state index in [1.165, 1.54) is 7.11 Å². The number of hydrogen-bond acceptors (Lipinski definition) is 5. The molecule has 6 heteroatoms. The Morgan fingerprint density at radius 3 is 2.94 bits per heavy atom. The lowest BCUT2D eigenvalue weighted by Crippen LogP contribution is -2.18. The van der Waals surface area contributed by atoms with Crippen molar-refractivity contribution in [2.75, 3.05) is 13.9 Å². The Morgan fingerprint density at radius 1 is 1.41 bits per heavy atom. The van der Waals surface area contributed by atoms with Crippen molar-refractivity contribution in [1.29, 1.82) is 0 Å². The molecule has 17 heavy (non-hydrogen) atoms. The van der Waals surface area contributed by atoms with Gasteiger partial charge in [-0.15, -0.1) is 0 Å². The molecular weight excluding hydrogens is 224 g/mol. The van der Waals surface area contributed by atoms with Gasteiger partial charge in [0.2, 0.25) is 6.79 Å². The lowest BCUT2D eigenvalue weighted by molar-refractivity contribution is 0.171. The number of rotatable bonds is 2. The van der Waals surface area contributed by atoms with E-state index in [0.29, 0.717) is 17.2 Å². The molecule has 90 valence electrons. The standard InChI is InChI=1S/C11H12N2O4/c1-7(12-13-11(14)15-2)8-3-4-9-10(5-8)17-6-16-9/h3-5H,6H2,1-2H3,(H,13,14)/b12-7+. The summed E-state index contributed by atoms with van der Waals surface area (Å²) < 4.78 is 14.9. The second kappa shape index (κ2) is 4.73. The zero-order valence-corrected chi connectivity index (χ0v) is 9.52. The summed E-state index contributed by atoms with van der Waals surface area (Å²) >= 11 is 0. The average molecular weight is 236 g/mol. The summed E-state index contributed by atoms with van der Waals surface area (Å²) in [6, 6.07) is 5.44. The van der Waals surface area contributed by atoms with Crippen LogP contribution in [0.1, 0.15) is 12.5 Å². The van der Waals surface area contributed by atoms with Crippen LogP contribution in [0, 0.1) is 0 Å². The fraction of sp³-hybridized carbons (Fsp3) is 0.273. The zero-order chi connectivity index (χ0) is 12.3. The molecule has 0 aromatic heterocycles. The van der Waals surface area contributed by atoms with Gasteiger partial charge in [-0.05, 0) is 25.1 Å². The van der Waals surface area contributed by atoms with Crippen molar-refractivity contribution in [3.05, 3.63) is 23.8 Å². The van der Waals surface area contributed by atoms with E-state index in [9.17, 15) is 4.79 Å². The molecule has 1 heterocycles. The van der Waals surface area contributed by atoms with Gasteiger partial charge in [0, 0.05) is 5.56 Å². The van der Waals surface area contributed by atoms with Crippen LogP contribution in [-0.4, -0.2) is 25.7 Å². The van der Waals surface area contributed by atoms with Crippen LogP contribution in [0.3, 0.4) is 0 Å². The summed E-state index contributed by atoms with van der Waals surface area (Å²) in [4.78, 5) is 10.8. The summed E-state index contributed by atoms with van der Waals surface area (Å²) in [5, 5.41) is 3.89. The van der Waals surface area contributed by atoms with Crippen molar-refractivity contribution in [3.63, 3.8) is 0 Å². The Kier molecular flexibility index (Phi) is 3.13. The largest absolute Gasteiger partial charge is 0.454 e. The molecule has 0 unspecified atom stereocenters. The van der Waals surface area contributed by atoms with E-state index >= 15 is 0 Å². The average Bonchev–Trinajstić information content (AvgIpc) is 2.82. The maximum absolute atomic E-state index is 10.8. The van der Waals surface area contributed by atoms with Crippen molar-refractivity contribution < 1.29 is 19.0 Å². The molecule has 0 fully saturated rings. The molecule has 1 aromatic carbocycles. The summed E-state index contributed by atoms with van der Waals surface area (Å²) in [6.45, 7) is 2.00. The van der Waals surface area contributed by atoms with Crippen LogP contribution < -0.4 is 14.9 Å². The molecule has 1 N–H and O–H groups in total. The molecule has 0 spiro atoms. The number of fused-ring (bicyclic) bond motifs is 1. The van der Waals surface area contributed by atoms with Gasteiger partial charge in [-0.1, -0.05) is 0 Å². The number of ether oxygens (including phenoxy) is 3. The Morgan fingerprint density at radius 2 is 2.18 bits per heavy atom. The number of methoxy groups -OCH3 is 1. The first-order valence-electron chi connectivity index (χ1n) is 4.99. The maximum Gasteiger partial charge on any atom is 0.427 e. The molecule has 6 nitrogen and oxygen atoms in total. The third kappa shape index (κ3) is 2.47. The van der Waals surface area contributed by atoms with Crippen molar-refractivity contribution in [2.24, 2.45) is 5.10 Å². The normalized spacial score (nSPS) is 13.4. The van der Waals surface area contributed by atoms with Crippen LogP contribution in [-0.2, 0) is 4.74 Å². The summed E-state index contributed by atoms with van der Waals surface area (Å²) in [6.07, 6.45) is -0.606. The van der Waals surface area contributed by atoms with Crippen molar-refractivity contribution in [3.8, 4) is 11.5 Å². The van der Waals surface area contributed by atoms with E-state index in [4.69, 9.17) is 9.47 Å². The maximum atomic E-state index is 10.8. The van der Waals surface area contributed by atoms with Gasteiger partial charge < -0.3 is 14.2 Å². The smallest absolute Gasteiger partial charge is 0.427 e. The van der Waals surface area contributed by atoms with E-state index in [2.05, 4.69) is 15.3 Å². The molecule has 0 aliphatic carbocycles. The van der Waals surface area contributed by atoms with Crippen LogP contribution in [0.5, 0.6) is 11.5 Å². The minimum atomic E-state index is -0.606. The molecule has 0 saturated heterocycles. The number of carbonyl (C=O) groups is 1. The Balaban J connectivity index is 2.14. The molecule has 1 aromatic rings. The highest BCUT2D eigenvalue weighted by Gasteiger charge is 2.14. The molecule has 1 amide bonds. The number of carbonyl (C=O) groups excluding carboxylic acids is 1. The minimum absolute atomic E-state index is 0.232. The Hall–Kier alpha value is -2.24. The van der Waals surface area contributed by atoms with Crippen LogP contribution in [0.15, 0.2) is 23.3 Å².